The van der Waals surface area contributed by atoms with Gasteiger partial charge < -0.3 is 0 Å². The molecule has 0 radical (unpaired) electrons. The van der Waals surface area contributed by atoms with Crippen LogP contribution in [0.4, 0.5) is 5.69 Å². The van der Waals surface area contributed by atoms with Crippen molar-refractivity contribution in [3.8, 4) is 0 Å². The van der Waals surface area contributed by atoms with E-state index in [4.69, 9.17) is 11.6 Å². The van der Waals surface area contributed by atoms with Crippen molar-refractivity contribution in [2.45, 2.75) is 32.1 Å². The molecule has 94 valence electrons. The molecule has 0 N–H and O–H groups in total. The Morgan fingerprint density at radius 2 is 2.11 bits per heavy atom. The number of pyridine rings is 1. The number of carbonyl (C=O) groups excluding carboxylic acids is 1. The van der Waals surface area contributed by atoms with Gasteiger partial charge in [0.05, 0.1) is 12.1 Å². The molecule has 0 unspecified atom stereocenters. The molecule has 0 bridgehead atoms. The number of amides is 1. The van der Waals surface area contributed by atoms with Crippen molar-refractivity contribution in [3.05, 3.63) is 23.5 Å². The topological polar surface area (TPSA) is 45.6 Å². The summed E-state index contributed by atoms with van der Waals surface area (Å²) in [6, 6.07) is 3.53. The van der Waals surface area contributed by atoms with Gasteiger partial charge in [-0.3, -0.25) is 4.79 Å². The molecule has 5 heteroatoms. The maximum Gasteiger partial charge on any atom is 0.253 e. The number of rotatable bonds is 2. The van der Waals surface area contributed by atoms with E-state index in [1.54, 1.807) is 18.3 Å². The third-order valence-corrected chi connectivity index (χ3v) is 3.88. The first kappa shape index (κ1) is 11.7. The zero-order valence-electron chi connectivity index (χ0n) is 9.97. The van der Waals surface area contributed by atoms with Crippen LogP contribution in [0.15, 0.2) is 23.4 Å². The summed E-state index contributed by atoms with van der Waals surface area (Å²) in [6.45, 7) is 0. The van der Waals surface area contributed by atoms with Gasteiger partial charge in [0, 0.05) is 6.20 Å². The van der Waals surface area contributed by atoms with E-state index in [1.807, 2.05) is 0 Å². The number of anilines is 1. The van der Waals surface area contributed by atoms with Gasteiger partial charge in [-0.05, 0) is 30.9 Å². The van der Waals surface area contributed by atoms with Crippen LogP contribution in [-0.4, -0.2) is 16.6 Å². The van der Waals surface area contributed by atoms with Crippen LogP contribution in [0.25, 0.3) is 0 Å². The molecular weight excluding hydrogens is 250 g/mol. The lowest BCUT2D eigenvalue weighted by Crippen LogP contribution is -2.20. The Hall–Kier alpha value is -1.42. The van der Waals surface area contributed by atoms with Crippen LogP contribution >= 0.6 is 11.6 Å². The molecule has 1 aromatic rings. The van der Waals surface area contributed by atoms with E-state index in [0.717, 1.165) is 18.6 Å². The van der Waals surface area contributed by atoms with Crippen molar-refractivity contribution < 1.29 is 4.79 Å². The Morgan fingerprint density at radius 3 is 2.83 bits per heavy atom. The number of halogens is 1. The molecule has 1 saturated carbocycles. The monoisotopic (exact) mass is 263 g/mol. The minimum absolute atomic E-state index is 0.00759. The van der Waals surface area contributed by atoms with Crippen LogP contribution in [-0.2, 0) is 4.79 Å². The van der Waals surface area contributed by atoms with Crippen molar-refractivity contribution in [2.24, 2.45) is 11.0 Å². The Morgan fingerprint density at radius 1 is 1.33 bits per heavy atom. The number of carbonyl (C=O) groups is 1. The second-order valence-electron chi connectivity index (χ2n) is 4.77. The Balaban J connectivity index is 1.89. The number of aromatic nitrogens is 1. The molecule has 2 heterocycles. The van der Waals surface area contributed by atoms with Crippen molar-refractivity contribution in [1.82, 2.24) is 4.98 Å². The second kappa shape index (κ2) is 4.69. The fourth-order valence-electron chi connectivity index (χ4n) is 2.66. The standard InChI is InChI=1S/C13H14ClN3O/c14-13-11(6-3-7-15-13)17-12(18)8-10(16-17)9-4-1-2-5-9/h3,6-7,9H,1-2,4-5,8H2. The maximum absolute atomic E-state index is 12.0. The lowest BCUT2D eigenvalue weighted by Gasteiger charge is -2.12. The number of hydrogen-bond donors (Lipinski definition) is 0. The summed E-state index contributed by atoms with van der Waals surface area (Å²) >= 11 is 6.00. The van der Waals surface area contributed by atoms with Crippen LogP contribution in [0.3, 0.4) is 0 Å². The van der Waals surface area contributed by atoms with Gasteiger partial charge in [-0.15, -0.1) is 0 Å². The van der Waals surface area contributed by atoms with Crippen LogP contribution < -0.4 is 5.01 Å². The molecule has 2 aliphatic rings. The van der Waals surface area contributed by atoms with Crippen LogP contribution in [0, 0.1) is 5.92 Å². The first-order valence-corrected chi connectivity index (χ1v) is 6.64. The summed E-state index contributed by atoms with van der Waals surface area (Å²) in [4.78, 5) is 16.0. The molecule has 0 atom stereocenters. The van der Waals surface area contributed by atoms with Gasteiger partial charge in [0.15, 0.2) is 5.15 Å². The van der Waals surface area contributed by atoms with Crippen LogP contribution in [0.1, 0.15) is 32.1 Å². The highest BCUT2D eigenvalue weighted by Crippen LogP contribution is 2.33. The van der Waals surface area contributed by atoms with Gasteiger partial charge in [0.1, 0.15) is 5.69 Å². The third-order valence-electron chi connectivity index (χ3n) is 3.59. The maximum atomic E-state index is 12.0. The fraction of sp³-hybridized carbons (Fsp3) is 0.462. The molecule has 18 heavy (non-hydrogen) atoms. The molecule has 0 spiro atoms. The Kier molecular flexibility index (Phi) is 3.04. The van der Waals surface area contributed by atoms with Crippen molar-refractivity contribution >= 4 is 28.9 Å². The Bertz CT molecular complexity index is 509. The first-order chi connectivity index (χ1) is 8.75. The van der Waals surface area contributed by atoms with Gasteiger partial charge in [-0.25, -0.2) is 4.98 Å². The summed E-state index contributed by atoms with van der Waals surface area (Å²) in [5.41, 5.74) is 1.59. The highest BCUT2D eigenvalue weighted by atomic mass is 35.5. The first-order valence-electron chi connectivity index (χ1n) is 6.26. The van der Waals surface area contributed by atoms with E-state index in [0.29, 0.717) is 23.2 Å². The minimum atomic E-state index is -0.00759. The molecule has 1 aromatic heterocycles. The number of hydrazone groups is 1. The van der Waals surface area contributed by atoms with Gasteiger partial charge in [-0.1, -0.05) is 24.4 Å². The average molecular weight is 264 g/mol. The van der Waals surface area contributed by atoms with Crippen LogP contribution in [0.2, 0.25) is 5.15 Å². The highest BCUT2D eigenvalue weighted by molar-refractivity contribution is 6.33. The minimum Gasteiger partial charge on any atom is -0.272 e. The summed E-state index contributed by atoms with van der Waals surface area (Å²) < 4.78 is 0. The van der Waals surface area contributed by atoms with E-state index in [1.165, 1.54) is 17.9 Å². The molecule has 3 rings (SSSR count). The summed E-state index contributed by atoms with van der Waals surface area (Å²) in [5.74, 6) is 0.473. The third kappa shape index (κ3) is 2.01. The molecule has 0 saturated heterocycles. The number of hydrogen-bond acceptors (Lipinski definition) is 3. The lowest BCUT2D eigenvalue weighted by atomic mass is 10.00. The molecule has 1 fully saturated rings. The fourth-order valence-corrected chi connectivity index (χ4v) is 2.86. The molecule has 1 amide bonds. The van der Waals surface area contributed by atoms with Crippen molar-refractivity contribution in [1.29, 1.82) is 0 Å². The van der Waals surface area contributed by atoms with E-state index >= 15 is 0 Å². The largest absolute Gasteiger partial charge is 0.272 e. The zero-order chi connectivity index (χ0) is 12.5. The SMILES string of the molecule is O=C1CC(C2CCCC2)=NN1c1cccnc1Cl. The normalized spacial score (nSPS) is 20.6. The predicted octanol–water partition coefficient (Wildman–Crippen LogP) is 3.02. The molecule has 0 aromatic carbocycles. The lowest BCUT2D eigenvalue weighted by molar-refractivity contribution is -0.116. The van der Waals surface area contributed by atoms with Crippen molar-refractivity contribution in [3.63, 3.8) is 0 Å². The molecule has 1 aliphatic heterocycles. The van der Waals surface area contributed by atoms with E-state index < -0.39 is 0 Å². The average Bonchev–Trinajstić information content (AvgIpc) is 2.99. The smallest absolute Gasteiger partial charge is 0.253 e. The quantitative estimate of drug-likeness (QED) is 0.770. The van der Waals surface area contributed by atoms with E-state index in [9.17, 15) is 4.79 Å². The van der Waals surface area contributed by atoms with Crippen LogP contribution in [0.5, 0.6) is 0 Å². The summed E-state index contributed by atoms with van der Waals surface area (Å²) in [6.07, 6.45) is 6.82. The van der Waals surface area contributed by atoms with Gasteiger partial charge in [0.25, 0.3) is 5.91 Å². The number of nitrogens with zero attached hydrogens (tertiary/aromatic N) is 3. The van der Waals surface area contributed by atoms with E-state index in [-0.39, 0.29) is 5.91 Å². The van der Waals surface area contributed by atoms with Gasteiger partial charge >= 0.3 is 0 Å². The van der Waals surface area contributed by atoms with Gasteiger partial charge in [-0.2, -0.15) is 10.1 Å². The zero-order valence-corrected chi connectivity index (χ0v) is 10.7. The van der Waals surface area contributed by atoms with Gasteiger partial charge in [0.2, 0.25) is 0 Å². The predicted molar refractivity (Wildman–Crippen MR) is 70.7 cm³/mol. The second-order valence-corrected chi connectivity index (χ2v) is 5.13. The summed E-state index contributed by atoms with van der Waals surface area (Å²) in [5, 5.41) is 6.19. The highest BCUT2D eigenvalue weighted by Gasteiger charge is 2.32. The molecule has 4 nitrogen and oxygen atoms in total. The van der Waals surface area contributed by atoms with E-state index in [2.05, 4.69) is 10.1 Å². The molecular formula is C13H14ClN3O. The van der Waals surface area contributed by atoms with Crippen molar-refractivity contribution in [2.75, 3.05) is 5.01 Å². The summed E-state index contributed by atoms with van der Waals surface area (Å²) in [7, 11) is 0. The molecule has 1 aliphatic carbocycles. The Labute approximate surface area is 111 Å².